The number of aromatic nitrogens is 2. The molecule has 1 heterocycles. The van der Waals surface area contributed by atoms with Gasteiger partial charge in [0.1, 0.15) is 5.75 Å². The Morgan fingerprint density at radius 2 is 1.81 bits per heavy atom. The number of anilines is 1. The number of fused-ring (bicyclic) bond motifs is 1. The van der Waals surface area contributed by atoms with Crippen LogP contribution in [0.3, 0.4) is 0 Å². The summed E-state index contributed by atoms with van der Waals surface area (Å²) in [5.74, 6) is 1.11. The lowest BCUT2D eigenvalue weighted by molar-refractivity contribution is 0.414. The first-order valence-electron chi connectivity index (χ1n) is 8.65. The maximum atomic E-state index is 13.1. The van der Waals surface area contributed by atoms with Crippen molar-refractivity contribution in [1.29, 1.82) is 0 Å². The Morgan fingerprint density at radius 3 is 2.46 bits per heavy atom. The van der Waals surface area contributed by atoms with Gasteiger partial charge in [0.2, 0.25) is 5.95 Å². The van der Waals surface area contributed by atoms with E-state index in [1.807, 2.05) is 56.3 Å². The van der Waals surface area contributed by atoms with E-state index in [1.165, 1.54) is 4.57 Å². The van der Waals surface area contributed by atoms with Crippen LogP contribution in [0.4, 0.5) is 5.95 Å². The van der Waals surface area contributed by atoms with Gasteiger partial charge >= 0.3 is 0 Å². The summed E-state index contributed by atoms with van der Waals surface area (Å²) in [7, 11) is 1.61. The Hall–Kier alpha value is -3.15. The van der Waals surface area contributed by atoms with Crippen molar-refractivity contribution in [2.24, 2.45) is 5.10 Å². The number of hydrogen-bond acceptors (Lipinski definition) is 5. The molecular weight excluding hydrogens is 328 g/mol. The second kappa shape index (κ2) is 7.82. The van der Waals surface area contributed by atoms with Crippen LogP contribution >= 0.6 is 0 Å². The van der Waals surface area contributed by atoms with Gasteiger partial charge in [-0.15, -0.1) is 0 Å². The molecule has 3 aromatic rings. The molecular formula is C20H22N4O2. The average molecular weight is 350 g/mol. The molecule has 1 N–H and O–H groups in total. The quantitative estimate of drug-likeness (QED) is 0.539. The number of benzene rings is 2. The fraction of sp³-hybridized carbons (Fsp3) is 0.250. The molecule has 0 spiro atoms. The number of para-hydroxylation sites is 1. The molecule has 0 amide bonds. The number of nitrogens with zero attached hydrogens (tertiary/aromatic N) is 3. The number of hydrazone groups is 1. The van der Waals surface area contributed by atoms with Gasteiger partial charge in [-0.2, -0.15) is 5.10 Å². The van der Waals surface area contributed by atoms with Crippen molar-refractivity contribution in [1.82, 2.24) is 9.55 Å². The van der Waals surface area contributed by atoms with Crippen LogP contribution in [0.5, 0.6) is 5.75 Å². The molecule has 2 aromatic carbocycles. The molecule has 0 bridgehead atoms. The molecule has 0 aliphatic carbocycles. The fourth-order valence-corrected chi connectivity index (χ4v) is 2.72. The molecule has 0 saturated carbocycles. The minimum Gasteiger partial charge on any atom is -0.497 e. The van der Waals surface area contributed by atoms with Crippen molar-refractivity contribution in [3.63, 3.8) is 0 Å². The maximum Gasteiger partial charge on any atom is 0.267 e. The molecule has 26 heavy (non-hydrogen) atoms. The molecule has 0 fully saturated rings. The Morgan fingerprint density at radius 1 is 1.12 bits per heavy atom. The van der Waals surface area contributed by atoms with Crippen molar-refractivity contribution in [3.05, 3.63) is 58.9 Å². The predicted molar refractivity (Wildman–Crippen MR) is 106 cm³/mol. The molecule has 0 aliphatic heterocycles. The summed E-state index contributed by atoms with van der Waals surface area (Å²) >= 11 is 0. The first-order valence-corrected chi connectivity index (χ1v) is 8.65. The lowest BCUT2D eigenvalue weighted by Crippen LogP contribution is -2.23. The van der Waals surface area contributed by atoms with E-state index in [0.29, 0.717) is 22.5 Å². The van der Waals surface area contributed by atoms with Crippen LogP contribution in [0.1, 0.15) is 26.7 Å². The molecule has 0 saturated heterocycles. The second-order valence-corrected chi connectivity index (χ2v) is 5.79. The van der Waals surface area contributed by atoms with E-state index in [9.17, 15) is 4.79 Å². The van der Waals surface area contributed by atoms with E-state index in [2.05, 4.69) is 15.5 Å². The van der Waals surface area contributed by atoms with Crippen LogP contribution in [0.25, 0.3) is 16.6 Å². The smallest absolute Gasteiger partial charge is 0.267 e. The molecule has 0 radical (unpaired) electrons. The Bertz CT molecular complexity index is 985. The SMILES string of the molecule is CCC(CC)=NNc1nc2ccccc2c(=O)n1-c1ccc(OC)cc1. The highest BCUT2D eigenvalue weighted by Gasteiger charge is 2.12. The third-order valence-corrected chi connectivity index (χ3v) is 4.24. The summed E-state index contributed by atoms with van der Waals surface area (Å²) < 4.78 is 6.74. The van der Waals surface area contributed by atoms with Crippen LogP contribution in [0, 0.1) is 0 Å². The standard InChI is InChI=1S/C20H22N4O2/c1-4-14(5-2)22-23-20-21-18-9-7-6-8-17(18)19(25)24(20)15-10-12-16(26-3)13-11-15/h6-13H,4-5H2,1-3H3,(H,21,23). The van der Waals surface area contributed by atoms with Crippen molar-refractivity contribution in [2.45, 2.75) is 26.7 Å². The van der Waals surface area contributed by atoms with Crippen LogP contribution in [0.15, 0.2) is 58.4 Å². The summed E-state index contributed by atoms with van der Waals surface area (Å²) in [5, 5.41) is 4.98. The lowest BCUT2D eigenvalue weighted by atomic mass is 10.2. The molecule has 1 aromatic heterocycles. The van der Waals surface area contributed by atoms with Gasteiger partial charge in [-0.25, -0.2) is 15.0 Å². The highest BCUT2D eigenvalue weighted by atomic mass is 16.5. The lowest BCUT2D eigenvalue weighted by Gasteiger charge is -2.14. The number of nitrogens with one attached hydrogen (secondary N) is 1. The van der Waals surface area contributed by atoms with Crippen molar-refractivity contribution in [2.75, 3.05) is 12.5 Å². The summed E-state index contributed by atoms with van der Waals surface area (Å²) in [5.41, 5.74) is 5.18. The molecule has 6 heteroatoms. The zero-order valence-corrected chi connectivity index (χ0v) is 15.2. The van der Waals surface area contributed by atoms with E-state index in [4.69, 9.17) is 4.74 Å². The first-order chi connectivity index (χ1) is 12.7. The van der Waals surface area contributed by atoms with Gasteiger partial charge in [0.05, 0.1) is 23.7 Å². The van der Waals surface area contributed by atoms with Gasteiger partial charge < -0.3 is 4.74 Å². The third kappa shape index (κ3) is 3.44. The van der Waals surface area contributed by atoms with E-state index < -0.39 is 0 Å². The number of rotatable bonds is 6. The van der Waals surface area contributed by atoms with Crippen LogP contribution < -0.4 is 15.7 Å². The van der Waals surface area contributed by atoms with E-state index in [-0.39, 0.29) is 5.56 Å². The maximum absolute atomic E-state index is 13.1. The summed E-state index contributed by atoms with van der Waals surface area (Å²) in [6.45, 7) is 4.10. The topological polar surface area (TPSA) is 68.5 Å². The molecule has 0 aliphatic rings. The summed E-state index contributed by atoms with van der Waals surface area (Å²) in [6.07, 6.45) is 1.67. The zero-order valence-electron chi connectivity index (χ0n) is 15.2. The Kier molecular flexibility index (Phi) is 5.31. The third-order valence-electron chi connectivity index (χ3n) is 4.24. The average Bonchev–Trinajstić information content (AvgIpc) is 2.69. The minimum absolute atomic E-state index is 0.145. The van der Waals surface area contributed by atoms with Gasteiger partial charge in [0.25, 0.3) is 5.56 Å². The first kappa shape index (κ1) is 17.7. The van der Waals surface area contributed by atoms with E-state index in [1.54, 1.807) is 13.2 Å². The van der Waals surface area contributed by atoms with Crippen LogP contribution in [-0.2, 0) is 0 Å². The zero-order chi connectivity index (χ0) is 18.5. The molecule has 6 nitrogen and oxygen atoms in total. The van der Waals surface area contributed by atoms with Crippen LogP contribution in [0.2, 0.25) is 0 Å². The van der Waals surface area contributed by atoms with Gasteiger partial charge in [0, 0.05) is 5.71 Å². The van der Waals surface area contributed by atoms with Crippen molar-refractivity contribution < 1.29 is 4.74 Å². The molecule has 134 valence electrons. The van der Waals surface area contributed by atoms with Crippen molar-refractivity contribution in [3.8, 4) is 11.4 Å². The van der Waals surface area contributed by atoms with Gasteiger partial charge in [-0.3, -0.25) is 4.79 Å². The number of hydrogen-bond donors (Lipinski definition) is 1. The normalized spacial score (nSPS) is 10.6. The highest BCUT2D eigenvalue weighted by molar-refractivity contribution is 5.84. The summed E-state index contributed by atoms with van der Waals surface area (Å²) in [6, 6.07) is 14.6. The van der Waals surface area contributed by atoms with Gasteiger partial charge in [0.15, 0.2) is 0 Å². The minimum atomic E-state index is -0.145. The molecule has 0 unspecified atom stereocenters. The van der Waals surface area contributed by atoms with Gasteiger partial charge in [-0.1, -0.05) is 26.0 Å². The second-order valence-electron chi connectivity index (χ2n) is 5.79. The van der Waals surface area contributed by atoms with Gasteiger partial charge in [-0.05, 0) is 49.2 Å². The van der Waals surface area contributed by atoms with Crippen LogP contribution in [-0.4, -0.2) is 22.4 Å². The molecule has 0 atom stereocenters. The fourth-order valence-electron chi connectivity index (χ4n) is 2.72. The Labute approximate surface area is 152 Å². The number of methoxy groups -OCH3 is 1. The van der Waals surface area contributed by atoms with E-state index >= 15 is 0 Å². The molecule has 3 rings (SSSR count). The predicted octanol–water partition coefficient (Wildman–Crippen LogP) is 3.98. The largest absolute Gasteiger partial charge is 0.497 e. The highest BCUT2D eigenvalue weighted by Crippen LogP contribution is 2.19. The summed E-state index contributed by atoms with van der Waals surface area (Å²) in [4.78, 5) is 17.7. The van der Waals surface area contributed by atoms with Crippen molar-refractivity contribution >= 4 is 22.6 Å². The monoisotopic (exact) mass is 350 g/mol. The Balaban J connectivity index is 2.20. The van der Waals surface area contributed by atoms with E-state index in [0.717, 1.165) is 24.3 Å². The number of ether oxygens (including phenoxy) is 1.